The van der Waals surface area contributed by atoms with Crippen LogP contribution in [0.3, 0.4) is 0 Å². The zero-order valence-corrected chi connectivity index (χ0v) is 7.92. The number of rotatable bonds is 3. The molecule has 1 fully saturated rings. The minimum absolute atomic E-state index is 0.0485. The average Bonchev–Trinajstić information content (AvgIpc) is 2.86. The highest BCUT2D eigenvalue weighted by molar-refractivity contribution is 5.36. The Balaban J connectivity index is 2.22. The van der Waals surface area contributed by atoms with E-state index in [2.05, 4.69) is 12.1 Å². The normalized spacial score (nSPS) is 18.3. The second kappa shape index (κ2) is 3.04. The summed E-state index contributed by atoms with van der Waals surface area (Å²) in [6.07, 6.45) is 2.20. The van der Waals surface area contributed by atoms with E-state index in [4.69, 9.17) is 10.5 Å². The molecular weight excluding hydrogens is 162 g/mol. The van der Waals surface area contributed by atoms with Gasteiger partial charge in [0.2, 0.25) is 0 Å². The molecule has 1 aromatic rings. The molecular formula is C11H15NO. The van der Waals surface area contributed by atoms with Crippen LogP contribution in [-0.4, -0.2) is 6.61 Å². The lowest BCUT2D eigenvalue weighted by Crippen LogP contribution is -2.18. The lowest BCUT2D eigenvalue weighted by molar-refractivity contribution is 0.339. The van der Waals surface area contributed by atoms with E-state index < -0.39 is 0 Å². The first-order chi connectivity index (χ1) is 6.24. The number of benzene rings is 1. The fourth-order valence-electron chi connectivity index (χ4n) is 1.49. The molecule has 0 bridgehead atoms. The van der Waals surface area contributed by atoms with Crippen LogP contribution in [0.5, 0.6) is 5.75 Å². The van der Waals surface area contributed by atoms with E-state index in [0.717, 1.165) is 18.6 Å². The molecule has 1 saturated carbocycles. The highest BCUT2D eigenvalue weighted by Crippen LogP contribution is 2.43. The van der Waals surface area contributed by atoms with E-state index in [1.165, 1.54) is 5.56 Å². The predicted molar refractivity (Wildman–Crippen MR) is 52.7 cm³/mol. The lowest BCUT2D eigenvalue weighted by Gasteiger charge is -2.10. The third-order valence-corrected chi connectivity index (χ3v) is 2.51. The van der Waals surface area contributed by atoms with Crippen molar-refractivity contribution in [3.8, 4) is 5.75 Å². The van der Waals surface area contributed by atoms with Gasteiger partial charge in [0.05, 0.1) is 6.61 Å². The summed E-state index contributed by atoms with van der Waals surface area (Å²) in [7, 11) is 0. The van der Waals surface area contributed by atoms with Crippen LogP contribution in [0, 0.1) is 0 Å². The van der Waals surface area contributed by atoms with Gasteiger partial charge < -0.3 is 10.5 Å². The Morgan fingerprint density at radius 3 is 2.85 bits per heavy atom. The molecule has 0 amide bonds. The molecule has 2 rings (SSSR count). The van der Waals surface area contributed by atoms with Gasteiger partial charge in [-0.05, 0) is 37.5 Å². The van der Waals surface area contributed by atoms with Crippen LogP contribution in [-0.2, 0) is 5.54 Å². The summed E-state index contributed by atoms with van der Waals surface area (Å²) in [5.74, 6) is 0.928. The van der Waals surface area contributed by atoms with Crippen LogP contribution in [0.1, 0.15) is 25.3 Å². The highest BCUT2D eigenvalue weighted by Gasteiger charge is 2.39. The van der Waals surface area contributed by atoms with Crippen LogP contribution in [0.25, 0.3) is 0 Å². The molecule has 0 spiro atoms. The Hall–Kier alpha value is -1.02. The third kappa shape index (κ3) is 1.68. The first kappa shape index (κ1) is 8.57. The summed E-state index contributed by atoms with van der Waals surface area (Å²) in [6, 6.07) is 8.11. The first-order valence-electron chi connectivity index (χ1n) is 4.77. The molecule has 0 aromatic heterocycles. The second-order valence-corrected chi connectivity index (χ2v) is 3.62. The van der Waals surface area contributed by atoms with E-state index in [-0.39, 0.29) is 5.54 Å². The Bertz CT molecular complexity index is 305. The number of ether oxygens (including phenoxy) is 1. The quantitative estimate of drug-likeness (QED) is 0.766. The van der Waals surface area contributed by atoms with Crippen molar-refractivity contribution >= 4 is 0 Å². The molecule has 0 atom stereocenters. The van der Waals surface area contributed by atoms with Crippen molar-refractivity contribution in [1.82, 2.24) is 0 Å². The summed E-state index contributed by atoms with van der Waals surface area (Å²) in [5.41, 5.74) is 7.24. The van der Waals surface area contributed by atoms with Gasteiger partial charge in [-0.15, -0.1) is 0 Å². The molecule has 2 N–H and O–H groups in total. The van der Waals surface area contributed by atoms with Crippen molar-refractivity contribution in [2.75, 3.05) is 6.61 Å². The molecule has 2 heteroatoms. The molecule has 0 heterocycles. The van der Waals surface area contributed by atoms with E-state index in [1.807, 2.05) is 19.1 Å². The van der Waals surface area contributed by atoms with Gasteiger partial charge >= 0.3 is 0 Å². The molecule has 70 valence electrons. The zero-order chi connectivity index (χ0) is 9.31. The molecule has 1 aliphatic rings. The summed E-state index contributed by atoms with van der Waals surface area (Å²) in [4.78, 5) is 0. The standard InChI is InChI=1S/C11H15NO/c1-2-13-10-5-3-4-9(8-10)11(12)6-7-11/h3-5,8H,2,6-7,12H2,1H3. The van der Waals surface area contributed by atoms with Gasteiger partial charge in [-0.25, -0.2) is 0 Å². The van der Waals surface area contributed by atoms with Crippen molar-refractivity contribution in [3.63, 3.8) is 0 Å². The first-order valence-corrected chi connectivity index (χ1v) is 4.77. The van der Waals surface area contributed by atoms with Crippen molar-refractivity contribution in [1.29, 1.82) is 0 Å². The van der Waals surface area contributed by atoms with E-state index in [9.17, 15) is 0 Å². The van der Waals surface area contributed by atoms with Gasteiger partial charge in [0.15, 0.2) is 0 Å². The van der Waals surface area contributed by atoms with Crippen LogP contribution in [0.4, 0.5) is 0 Å². The van der Waals surface area contributed by atoms with Gasteiger partial charge in [-0.1, -0.05) is 12.1 Å². The van der Waals surface area contributed by atoms with Crippen LogP contribution >= 0.6 is 0 Å². The highest BCUT2D eigenvalue weighted by atomic mass is 16.5. The van der Waals surface area contributed by atoms with Crippen molar-refractivity contribution in [2.45, 2.75) is 25.3 Å². The minimum Gasteiger partial charge on any atom is -0.494 e. The number of nitrogens with two attached hydrogens (primary N) is 1. The van der Waals surface area contributed by atoms with Gasteiger partial charge in [0, 0.05) is 5.54 Å². The van der Waals surface area contributed by atoms with Crippen molar-refractivity contribution in [2.24, 2.45) is 5.73 Å². The second-order valence-electron chi connectivity index (χ2n) is 3.62. The monoisotopic (exact) mass is 177 g/mol. The maximum absolute atomic E-state index is 6.08. The van der Waals surface area contributed by atoms with Gasteiger partial charge in [0.25, 0.3) is 0 Å². The number of hydrogen-bond donors (Lipinski definition) is 1. The fraction of sp³-hybridized carbons (Fsp3) is 0.455. The molecule has 13 heavy (non-hydrogen) atoms. The number of hydrogen-bond acceptors (Lipinski definition) is 2. The maximum atomic E-state index is 6.08. The Kier molecular flexibility index (Phi) is 2.00. The summed E-state index contributed by atoms with van der Waals surface area (Å²) >= 11 is 0. The largest absolute Gasteiger partial charge is 0.494 e. The van der Waals surface area contributed by atoms with Gasteiger partial charge in [-0.2, -0.15) is 0 Å². The SMILES string of the molecule is CCOc1cccc(C2(N)CC2)c1. The molecule has 0 radical (unpaired) electrons. The Morgan fingerprint density at radius 1 is 1.46 bits per heavy atom. The molecule has 0 unspecified atom stereocenters. The summed E-state index contributed by atoms with van der Waals surface area (Å²) < 4.78 is 5.41. The average molecular weight is 177 g/mol. The zero-order valence-electron chi connectivity index (χ0n) is 7.92. The van der Waals surface area contributed by atoms with Gasteiger partial charge in [-0.3, -0.25) is 0 Å². The fourth-order valence-corrected chi connectivity index (χ4v) is 1.49. The van der Waals surface area contributed by atoms with E-state index in [1.54, 1.807) is 0 Å². The molecule has 2 nitrogen and oxygen atoms in total. The van der Waals surface area contributed by atoms with Crippen LogP contribution in [0.2, 0.25) is 0 Å². The van der Waals surface area contributed by atoms with E-state index >= 15 is 0 Å². The minimum atomic E-state index is -0.0485. The summed E-state index contributed by atoms with van der Waals surface area (Å²) in [5, 5.41) is 0. The Morgan fingerprint density at radius 2 is 2.23 bits per heavy atom. The smallest absolute Gasteiger partial charge is 0.119 e. The summed E-state index contributed by atoms with van der Waals surface area (Å²) in [6.45, 7) is 2.70. The van der Waals surface area contributed by atoms with Crippen molar-refractivity contribution in [3.05, 3.63) is 29.8 Å². The molecule has 0 saturated heterocycles. The Labute approximate surface area is 78.7 Å². The lowest BCUT2D eigenvalue weighted by atomic mass is 10.1. The maximum Gasteiger partial charge on any atom is 0.119 e. The third-order valence-electron chi connectivity index (χ3n) is 2.51. The molecule has 1 aromatic carbocycles. The van der Waals surface area contributed by atoms with E-state index in [0.29, 0.717) is 6.61 Å². The van der Waals surface area contributed by atoms with Gasteiger partial charge in [0.1, 0.15) is 5.75 Å². The van der Waals surface area contributed by atoms with Crippen molar-refractivity contribution < 1.29 is 4.74 Å². The van der Waals surface area contributed by atoms with Crippen LogP contribution in [0.15, 0.2) is 24.3 Å². The molecule has 1 aliphatic carbocycles. The predicted octanol–water partition coefficient (Wildman–Crippen LogP) is 2.03. The van der Waals surface area contributed by atoms with Crippen LogP contribution < -0.4 is 10.5 Å². The topological polar surface area (TPSA) is 35.2 Å². The molecule has 0 aliphatic heterocycles.